The van der Waals surface area contributed by atoms with Crippen molar-refractivity contribution in [2.75, 3.05) is 0 Å². The molecule has 0 aromatic heterocycles. The van der Waals surface area contributed by atoms with E-state index in [-0.39, 0.29) is 26.1 Å². The molecule has 0 aliphatic carbocycles. The lowest BCUT2D eigenvalue weighted by Crippen LogP contribution is -2.60. The summed E-state index contributed by atoms with van der Waals surface area (Å²) in [6.45, 7) is 44.9. The van der Waals surface area contributed by atoms with Crippen LogP contribution < -0.4 is 13.8 Å². The van der Waals surface area contributed by atoms with E-state index in [2.05, 4.69) is 159 Å². The number of carbonyl (C=O) groups excluding carboxylic acids is 1. The monoisotopic (exact) mass is 653 g/mol. The summed E-state index contributed by atoms with van der Waals surface area (Å²) in [5.74, 6) is 1.47. The molecule has 0 unspecified atom stereocenters. The second-order valence-corrected chi connectivity index (χ2v) is 37.7. The van der Waals surface area contributed by atoms with Crippen molar-refractivity contribution < 1.29 is 18.1 Å². The summed E-state index contributed by atoms with van der Waals surface area (Å²) in [5, 5.41) is 0.110. The second-order valence-electron chi connectivity index (χ2n) is 18.5. The van der Waals surface area contributed by atoms with Gasteiger partial charge in [0.1, 0.15) is 25.8 Å². The van der Waals surface area contributed by atoms with Gasteiger partial charge >= 0.3 is 5.97 Å². The van der Waals surface area contributed by atoms with Crippen LogP contribution in [0.25, 0.3) is 0 Å². The first-order valence-electron chi connectivity index (χ1n) is 15.8. The zero-order valence-corrected chi connectivity index (χ0v) is 35.1. The maximum absolute atomic E-state index is 14.0. The van der Waals surface area contributed by atoms with Crippen LogP contribution in [0.4, 0.5) is 0 Å². The first-order chi connectivity index (χ1) is 18.2. The molecule has 0 radical (unpaired) electrons. The average Bonchev–Trinajstić information content (AvgIpc) is 2.71. The Balaban J connectivity index is 3.68. The van der Waals surface area contributed by atoms with Gasteiger partial charge in [-0.3, -0.25) is 4.79 Å². The highest BCUT2D eigenvalue weighted by Gasteiger charge is 2.45. The molecule has 1 N–H and O–H groups in total. The van der Waals surface area contributed by atoms with E-state index in [1.807, 2.05) is 0 Å². The SMILES string of the molecule is CC(C)(C)[Si](C)(C)N[C@@H](Cc1ccc(O[Si](C)(C)C(C)(C)C)c(O[Si](C)(C)C(C)(C)C)c1)C(=O)O[Si](C)(C)C(C)(C)C. The minimum atomic E-state index is -2.30. The summed E-state index contributed by atoms with van der Waals surface area (Å²) in [4.78, 5) is 17.8. The second kappa shape index (κ2) is 12.5. The van der Waals surface area contributed by atoms with Gasteiger partial charge in [-0.1, -0.05) is 102 Å². The van der Waals surface area contributed by atoms with E-state index < -0.39 is 39.2 Å². The number of hydrogen-bond acceptors (Lipinski definition) is 5. The molecular weight excluding hydrogens is 587 g/mol. The number of nitrogens with one attached hydrogen (secondary N) is 1. The van der Waals surface area contributed by atoms with Crippen LogP contribution in [0.5, 0.6) is 11.5 Å². The van der Waals surface area contributed by atoms with Crippen LogP contribution in [0.2, 0.25) is 72.5 Å². The number of carbonyl (C=O) groups is 1. The van der Waals surface area contributed by atoms with Crippen molar-refractivity contribution in [2.45, 2.75) is 168 Å². The van der Waals surface area contributed by atoms with Gasteiger partial charge in [0.2, 0.25) is 0 Å². The van der Waals surface area contributed by atoms with Crippen molar-refractivity contribution in [1.82, 2.24) is 4.98 Å². The molecule has 5 nitrogen and oxygen atoms in total. The van der Waals surface area contributed by atoms with Crippen molar-refractivity contribution >= 4 is 39.2 Å². The third-order valence-corrected chi connectivity index (χ3v) is 28.5. The highest BCUT2D eigenvalue weighted by molar-refractivity contribution is 6.78. The molecule has 0 spiro atoms. The van der Waals surface area contributed by atoms with Crippen molar-refractivity contribution in [1.29, 1.82) is 0 Å². The standard InChI is InChI=1S/C33H67NO4Si4/c1-30(2,3)39(13,14)34-26(29(35)38-42(19,20)33(10,11)12)23-25-21-22-27(36-40(15,16)31(4,5)6)28(24-25)37-41(17,18)32(7,8)9/h21-22,24,26,34H,23H2,1-20H3/t26-/m0/s1. The molecule has 0 fully saturated rings. The molecule has 1 aromatic rings. The van der Waals surface area contributed by atoms with Crippen molar-refractivity contribution in [3.8, 4) is 11.5 Å². The number of hydrogen-bond donors (Lipinski definition) is 1. The van der Waals surface area contributed by atoms with Crippen LogP contribution in [0.15, 0.2) is 18.2 Å². The Kier molecular flexibility index (Phi) is 11.6. The Hall–Kier alpha value is -0.882. The van der Waals surface area contributed by atoms with Crippen molar-refractivity contribution in [3.63, 3.8) is 0 Å². The van der Waals surface area contributed by atoms with E-state index in [0.29, 0.717) is 6.42 Å². The van der Waals surface area contributed by atoms with Gasteiger partial charge in [-0.05, 0) is 83.6 Å². The fourth-order valence-corrected chi connectivity index (χ4v) is 7.77. The molecule has 0 saturated carbocycles. The Bertz CT molecular complexity index is 1090. The summed E-state index contributed by atoms with van der Waals surface area (Å²) < 4.78 is 20.2. The van der Waals surface area contributed by atoms with Gasteiger partial charge in [-0.2, -0.15) is 0 Å². The van der Waals surface area contributed by atoms with E-state index in [9.17, 15) is 4.79 Å². The van der Waals surface area contributed by atoms with Crippen LogP contribution in [0.1, 0.15) is 88.6 Å². The lowest BCUT2D eigenvalue weighted by atomic mass is 10.1. The largest absolute Gasteiger partial charge is 0.541 e. The first-order valence-corrected chi connectivity index (χ1v) is 27.5. The molecular formula is C33H67NO4Si4. The zero-order chi connectivity index (χ0) is 33.5. The maximum atomic E-state index is 14.0. The highest BCUT2D eigenvalue weighted by Crippen LogP contribution is 2.44. The molecule has 244 valence electrons. The highest BCUT2D eigenvalue weighted by atomic mass is 28.4. The zero-order valence-electron chi connectivity index (χ0n) is 31.1. The van der Waals surface area contributed by atoms with Crippen LogP contribution in [0.3, 0.4) is 0 Å². The summed E-state index contributed by atoms with van der Waals surface area (Å²) in [6, 6.07) is 5.87. The number of rotatable bonds is 10. The molecule has 1 rings (SSSR count). The first kappa shape index (κ1) is 39.1. The predicted octanol–water partition coefficient (Wildman–Crippen LogP) is 10.5. The van der Waals surface area contributed by atoms with Gasteiger partial charge < -0.3 is 18.3 Å². The molecule has 0 amide bonds. The fourth-order valence-electron chi connectivity index (χ4n) is 3.26. The van der Waals surface area contributed by atoms with Gasteiger partial charge in [0, 0.05) is 0 Å². The number of benzene rings is 1. The summed E-state index contributed by atoms with van der Waals surface area (Å²) in [5.41, 5.74) is 1.05. The van der Waals surface area contributed by atoms with Gasteiger partial charge in [0.15, 0.2) is 0 Å². The van der Waals surface area contributed by atoms with Crippen molar-refractivity contribution in [2.24, 2.45) is 0 Å². The topological polar surface area (TPSA) is 56.8 Å². The summed E-state index contributed by atoms with van der Waals surface area (Å²) >= 11 is 0. The molecule has 9 heteroatoms. The van der Waals surface area contributed by atoms with Gasteiger partial charge in [0.05, 0.1) is 0 Å². The molecule has 0 aliphatic rings. The van der Waals surface area contributed by atoms with Crippen LogP contribution in [-0.2, 0) is 15.6 Å². The third-order valence-electron chi connectivity index (χ3n) is 10.6. The molecule has 0 bridgehead atoms. The lowest BCUT2D eigenvalue weighted by Gasteiger charge is -2.42. The molecule has 42 heavy (non-hydrogen) atoms. The lowest BCUT2D eigenvalue weighted by molar-refractivity contribution is -0.137. The molecule has 1 atom stereocenters. The van der Waals surface area contributed by atoms with Gasteiger partial charge in [-0.15, -0.1) is 0 Å². The third kappa shape index (κ3) is 9.81. The minimum Gasteiger partial charge on any atom is -0.541 e. The van der Waals surface area contributed by atoms with Crippen molar-refractivity contribution in [3.05, 3.63) is 23.8 Å². The molecule has 0 aliphatic heterocycles. The Morgan fingerprint density at radius 2 is 1.05 bits per heavy atom. The van der Waals surface area contributed by atoms with E-state index >= 15 is 0 Å². The Morgan fingerprint density at radius 3 is 1.43 bits per heavy atom. The molecule has 1 aromatic carbocycles. The average molecular weight is 654 g/mol. The molecule has 0 saturated heterocycles. The van der Waals surface area contributed by atoms with Gasteiger partial charge in [0.25, 0.3) is 25.0 Å². The predicted molar refractivity (Wildman–Crippen MR) is 193 cm³/mol. The Labute approximate surface area is 264 Å². The normalized spacial score (nSPS) is 15.3. The van der Waals surface area contributed by atoms with Gasteiger partial charge in [-0.25, -0.2) is 0 Å². The minimum absolute atomic E-state index is 0.0383. The van der Waals surface area contributed by atoms with Crippen LogP contribution in [-0.4, -0.2) is 45.2 Å². The van der Waals surface area contributed by atoms with Crippen LogP contribution >= 0.6 is 0 Å². The summed E-state index contributed by atoms with van der Waals surface area (Å²) in [6.07, 6.45) is 0.536. The van der Waals surface area contributed by atoms with E-state index in [1.54, 1.807) is 0 Å². The fraction of sp³-hybridized carbons (Fsp3) is 0.788. The van der Waals surface area contributed by atoms with E-state index in [0.717, 1.165) is 17.1 Å². The quantitative estimate of drug-likeness (QED) is 0.255. The smallest absolute Gasteiger partial charge is 0.309 e. The Morgan fingerprint density at radius 1 is 0.643 bits per heavy atom. The summed E-state index contributed by atoms with van der Waals surface area (Å²) in [7, 11) is -8.58. The van der Waals surface area contributed by atoms with Crippen LogP contribution in [0, 0.1) is 0 Å². The van der Waals surface area contributed by atoms with E-state index in [4.69, 9.17) is 13.3 Å². The molecule has 0 heterocycles. The maximum Gasteiger partial charge on any atom is 0.309 e. The van der Waals surface area contributed by atoms with E-state index in [1.165, 1.54) is 0 Å².